The Labute approximate surface area is 237 Å². The predicted octanol–water partition coefficient (Wildman–Crippen LogP) is 3.34. The molecule has 0 amide bonds. The number of ether oxygens (including phenoxy) is 3. The van der Waals surface area contributed by atoms with Crippen LogP contribution in [-0.4, -0.2) is 77.6 Å². The molecule has 2 aliphatic rings. The Morgan fingerprint density at radius 3 is 2.58 bits per heavy atom. The molecule has 5 rings (SSSR count). The van der Waals surface area contributed by atoms with Crippen molar-refractivity contribution >= 4 is 46.2 Å². The van der Waals surface area contributed by atoms with Gasteiger partial charge in [-0.2, -0.15) is 0 Å². The fourth-order valence-corrected chi connectivity index (χ4v) is 5.38. The lowest BCUT2D eigenvalue weighted by Gasteiger charge is -2.37. The number of nitrogens with zero attached hydrogens (tertiary/aromatic N) is 4. The number of aromatic nitrogens is 2. The minimum absolute atomic E-state index is 0. The highest BCUT2D eigenvalue weighted by Gasteiger charge is 2.45. The topological polar surface area (TPSA) is 95.5 Å². The minimum Gasteiger partial charge on any atom is -0.491 e. The van der Waals surface area contributed by atoms with Crippen molar-refractivity contribution in [1.82, 2.24) is 19.8 Å². The Morgan fingerprint density at radius 2 is 1.92 bits per heavy atom. The molecule has 0 saturated carbocycles. The maximum absolute atomic E-state index is 6.55. The molecule has 3 heterocycles. The van der Waals surface area contributed by atoms with Crippen LogP contribution >= 0.6 is 35.4 Å². The van der Waals surface area contributed by atoms with Crippen molar-refractivity contribution in [3.8, 4) is 5.75 Å². The van der Waals surface area contributed by atoms with E-state index in [0.29, 0.717) is 29.8 Å². The molecule has 0 radical (unpaired) electrons. The van der Waals surface area contributed by atoms with Gasteiger partial charge in [-0.05, 0) is 48.6 Å². The fraction of sp³-hybridized carbons (Fsp3) is 0.385. The van der Waals surface area contributed by atoms with Gasteiger partial charge in [0.2, 0.25) is 5.79 Å². The first-order chi connectivity index (χ1) is 18.0. The fourth-order valence-electron chi connectivity index (χ4n) is 4.64. The maximum atomic E-state index is 6.55. The van der Waals surface area contributed by atoms with E-state index >= 15 is 0 Å². The first-order valence-corrected chi connectivity index (χ1v) is 13.3. The maximum Gasteiger partial charge on any atom is 0.215 e. The monoisotopic (exact) mass is 579 g/mol. The van der Waals surface area contributed by atoms with Crippen LogP contribution in [0.25, 0.3) is 0 Å². The molecule has 3 N–H and O–H groups in total. The molecule has 12 heteroatoms. The lowest BCUT2D eigenvalue weighted by atomic mass is 10.1. The molecule has 2 saturated heterocycles. The van der Waals surface area contributed by atoms with E-state index in [4.69, 9.17) is 49.6 Å². The summed E-state index contributed by atoms with van der Waals surface area (Å²) in [6.45, 7) is 4.74. The van der Waals surface area contributed by atoms with Crippen molar-refractivity contribution in [3.63, 3.8) is 0 Å². The van der Waals surface area contributed by atoms with Gasteiger partial charge in [-0.25, -0.2) is 4.98 Å². The third-order valence-electron chi connectivity index (χ3n) is 6.57. The molecule has 0 aliphatic carbocycles. The number of imidazole rings is 1. The van der Waals surface area contributed by atoms with E-state index in [2.05, 4.69) is 32.2 Å². The predicted molar refractivity (Wildman–Crippen MR) is 152 cm³/mol. The lowest BCUT2D eigenvalue weighted by Crippen LogP contribution is -2.51. The third kappa shape index (κ3) is 6.33. The molecule has 204 valence electrons. The summed E-state index contributed by atoms with van der Waals surface area (Å²) in [6, 6.07) is 13.5. The Balaban J connectivity index is 0.00000336. The number of hydrogen-bond donors (Lipinski definition) is 1. The first kappa shape index (κ1) is 28.4. The number of anilines is 1. The van der Waals surface area contributed by atoms with Gasteiger partial charge < -0.3 is 39.4 Å². The van der Waals surface area contributed by atoms with Crippen LogP contribution in [0.15, 0.2) is 61.2 Å². The standard InChI is InChI=1S/C26H29Cl2N5O3S.H2O/c1-29-25(37)33-12-10-32(11-13-33)20-3-5-21(6-4-20)34-15-22-16-35-26(36-22,17-31-9-8-30-18-31)23-7-2-19(27)14-24(23)28;/h2-9,14,18,22H,10-13,15-17H2,1H3,(H,29,37);1H2. The number of halogens is 2. The van der Waals surface area contributed by atoms with E-state index in [1.807, 2.05) is 36.0 Å². The molecular formula is C26H31Cl2N5O4S. The summed E-state index contributed by atoms with van der Waals surface area (Å²) in [7, 11) is 1.86. The van der Waals surface area contributed by atoms with Crippen LogP contribution in [0.4, 0.5) is 5.69 Å². The lowest BCUT2D eigenvalue weighted by molar-refractivity contribution is -0.189. The Morgan fingerprint density at radius 1 is 1.16 bits per heavy atom. The van der Waals surface area contributed by atoms with Gasteiger partial charge in [0.25, 0.3) is 0 Å². The average molecular weight is 581 g/mol. The molecule has 38 heavy (non-hydrogen) atoms. The van der Waals surface area contributed by atoms with E-state index in [-0.39, 0.29) is 11.6 Å². The molecule has 0 bridgehead atoms. The zero-order valence-electron chi connectivity index (χ0n) is 21.0. The Kier molecular flexibility index (Phi) is 9.35. The molecule has 0 spiro atoms. The van der Waals surface area contributed by atoms with Crippen LogP contribution in [0.5, 0.6) is 5.75 Å². The Bertz CT molecular complexity index is 1210. The van der Waals surface area contributed by atoms with Gasteiger partial charge in [0.05, 0.1) is 24.5 Å². The van der Waals surface area contributed by atoms with Gasteiger partial charge >= 0.3 is 0 Å². The molecule has 2 fully saturated rings. The largest absolute Gasteiger partial charge is 0.491 e. The van der Waals surface area contributed by atoms with Crippen molar-refractivity contribution < 1.29 is 19.7 Å². The molecule has 2 unspecified atom stereocenters. The number of piperazine rings is 1. The molecule has 3 aromatic rings. The smallest absolute Gasteiger partial charge is 0.215 e. The molecule has 1 aromatic heterocycles. The summed E-state index contributed by atoms with van der Waals surface area (Å²) >= 11 is 18.0. The number of benzene rings is 2. The second-order valence-corrected chi connectivity index (χ2v) is 10.2. The molecule has 2 aliphatic heterocycles. The summed E-state index contributed by atoms with van der Waals surface area (Å²) in [5.74, 6) is -0.295. The molecule has 9 nitrogen and oxygen atoms in total. The van der Waals surface area contributed by atoms with E-state index in [1.165, 1.54) is 5.69 Å². The SMILES string of the molecule is CNC(=S)N1CCN(c2ccc(OCC3COC(Cn4ccnc4)(c4ccc(Cl)cc4Cl)O3)cc2)CC1.O. The van der Waals surface area contributed by atoms with Crippen molar-refractivity contribution in [2.45, 2.75) is 18.4 Å². The highest BCUT2D eigenvalue weighted by Crippen LogP contribution is 2.40. The average Bonchev–Trinajstić information content (AvgIpc) is 3.58. The summed E-state index contributed by atoms with van der Waals surface area (Å²) in [4.78, 5) is 8.68. The van der Waals surface area contributed by atoms with Crippen molar-refractivity contribution in [2.24, 2.45) is 0 Å². The van der Waals surface area contributed by atoms with Crippen LogP contribution in [0.1, 0.15) is 5.56 Å². The summed E-state index contributed by atoms with van der Waals surface area (Å²) in [5.41, 5.74) is 1.88. The number of nitrogens with one attached hydrogen (secondary N) is 1. The summed E-state index contributed by atoms with van der Waals surface area (Å²) < 4.78 is 20.7. The highest BCUT2D eigenvalue weighted by atomic mass is 35.5. The summed E-state index contributed by atoms with van der Waals surface area (Å²) in [6.07, 6.45) is 5.02. The van der Waals surface area contributed by atoms with Gasteiger partial charge in [0.1, 0.15) is 18.5 Å². The van der Waals surface area contributed by atoms with Crippen molar-refractivity contribution in [3.05, 3.63) is 76.8 Å². The van der Waals surface area contributed by atoms with E-state index in [1.54, 1.807) is 24.7 Å². The van der Waals surface area contributed by atoms with Gasteiger partial charge in [-0.3, -0.25) is 0 Å². The Hall–Kier alpha value is -2.60. The van der Waals surface area contributed by atoms with E-state index in [0.717, 1.165) is 42.6 Å². The van der Waals surface area contributed by atoms with Gasteiger partial charge in [-0.1, -0.05) is 29.3 Å². The normalized spacial score (nSPS) is 21.2. The van der Waals surface area contributed by atoms with Crippen molar-refractivity contribution in [2.75, 3.05) is 51.3 Å². The third-order valence-corrected chi connectivity index (χ3v) is 7.58. The van der Waals surface area contributed by atoms with Gasteiger partial charge in [0.15, 0.2) is 5.11 Å². The molecule has 2 atom stereocenters. The number of hydrogen-bond acceptors (Lipinski definition) is 6. The van der Waals surface area contributed by atoms with Crippen LogP contribution in [-0.2, 0) is 21.8 Å². The second kappa shape index (κ2) is 12.5. The zero-order chi connectivity index (χ0) is 25.8. The molecular weight excluding hydrogens is 549 g/mol. The second-order valence-electron chi connectivity index (χ2n) is 9.00. The first-order valence-electron chi connectivity index (χ1n) is 12.1. The van der Waals surface area contributed by atoms with Gasteiger partial charge in [-0.15, -0.1) is 0 Å². The number of thiocarbonyl (C=S) groups is 1. The van der Waals surface area contributed by atoms with Crippen LogP contribution in [0.3, 0.4) is 0 Å². The zero-order valence-corrected chi connectivity index (χ0v) is 23.3. The van der Waals surface area contributed by atoms with E-state index in [9.17, 15) is 0 Å². The van der Waals surface area contributed by atoms with Crippen LogP contribution in [0, 0.1) is 0 Å². The van der Waals surface area contributed by atoms with Crippen LogP contribution in [0.2, 0.25) is 10.0 Å². The van der Waals surface area contributed by atoms with Gasteiger partial charge in [0, 0.05) is 61.9 Å². The van der Waals surface area contributed by atoms with Crippen molar-refractivity contribution in [1.29, 1.82) is 0 Å². The minimum atomic E-state index is -1.07. The van der Waals surface area contributed by atoms with Crippen LogP contribution < -0.4 is 15.0 Å². The van der Waals surface area contributed by atoms with E-state index < -0.39 is 5.79 Å². The highest BCUT2D eigenvalue weighted by molar-refractivity contribution is 7.80. The quantitative estimate of drug-likeness (QED) is 0.426. The molecule has 2 aromatic carbocycles. The number of rotatable bonds is 7. The summed E-state index contributed by atoms with van der Waals surface area (Å²) in [5, 5.41) is 4.89.